The Morgan fingerprint density at radius 1 is 1.04 bits per heavy atom. The van der Waals surface area contributed by atoms with E-state index < -0.39 is 0 Å². The fourth-order valence-corrected chi connectivity index (χ4v) is 3.49. The molecule has 120 valence electrons. The molecule has 0 bridgehead atoms. The maximum Gasteiger partial charge on any atom is 0.226 e. The summed E-state index contributed by atoms with van der Waals surface area (Å²) in [5, 5.41) is 3.07. The monoisotopic (exact) mass is 309 g/mol. The van der Waals surface area contributed by atoms with Crippen LogP contribution in [-0.2, 0) is 17.6 Å². The van der Waals surface area contributed by atoms with Gasteiger partial charge in [0, 0.05) is 6.54 Å². The molecule has 1 aliphatic rings. The summed E-state index contributed by atoms with van der Waals surface area (Å²) in [5.41, 5.74) is 2.00. The Morgan fingerprint density at radius 3 is 2.52 bits per heavy atom. The number of nitrogens with one attached hydrogen (secondary N) is 1. The number of rotatable bonds is 5. The Morgan fingerprint density at radius 2 is 1.78 bits per heavy atom. The van der Waals surface area contributed by atoms with Gasteiger partial charge in [-0.25, -0.2) is 0 Å². The second kappa shape index (κ2) is 6.86. The lowest BCUT2D eigenvalue weighted by Gasteiger charge is -2.36. The van der Waals surface area contributed by atoms with E-state index in [1.54, 1.807) is 7.11 Å². The van der Waals surface area contributed by atoms with Crippen LogP contribution in [-0.4, -0.2) is 19.6 Å². The fraction of sp³-hybridized carbons (Fsp3) is 0.350. The SMILES string of the molecule is COc1cccc(CC2(Cc3ccccc3)CCCNC2=O)c1. The summed E-state index contributed by atoms with van der Waals surface area (Å²) in [7, 11) is 1.67. The second-order valence-electron chi connectivity index (χ2n) is 6.33. The average Bonchev–Trinajstić information content (AvgIpc) is 2.59. The minimum atomic E-state index is -0.369. The normalized spacial score (nSPS) is 20.8. The van der Waals surface area contributed by atoms with E-state index in [9.17, 15) is 4.79 Å². The van der Waals surface area contributed by atoms with Crippen molar-refractivity contribution in [2.75, 3.05) is 13.7 Å². The number of methoxy groups -OCH3 is 1. The first-order valence-electron chi connectivity index (χ1n) is 8.17. The van der Waals surface area contributed by atoms with Gasteiger partial charge in [-0.05, 0) is 48.9 Å². The maximum absolute atomic E-state index is 12.7. The average molecular weight is 309 g/mol. The summed E-state index contributed by atoms with van der Waals surface area (Å²) in [6.07, 6.45) is 3.47. The smallest absolute Gasteiger partial charge is 0.226 e. The zero-order chi connectivity index (χ0) is 16.1. The Bertz CT molecular complexity index is 668. The van der Waals surface area contributed by atoms with Crippen LogP contribution in [0.15, 0.2) is 54.6 Å². The molecule has 1 heterocycles. The number of hydrogen-bond donors (Lipinski definition) is 1. The lowest BCUT2D eigenvalue weighted by atomic mass is 9.71. The van der Waals surface area contributed by atoms with Crippen LogP contribution in [0.25, 0.3) is 0 Å². The van der Waals surface area contributed by atoms with E-state index in [-0.39, 0.29) is 11.3 Å². The molecule has 0 aromatic heterocycles. The number of ether oxygens (including phenoxy) is 1. The highest BCUT2D eigenvalue weighted by atomic mass is 16.5. The largest absolute Gasteiger partial charge is 0.497 e. The fourth-order valence-electron chi connectivity index (χ4n) is 3.49. The van der Waals surface area contributed by atoms with Crippen LogP contribution < -0.4 is 10.1 Å². The molecule has 2 aromatic rings. The van der Waals surface area contributed by atoms with Crippen molar-refractivity contribution in [2.24, 2.45) is 5.41 Å². The second-order valence-corrected chi connectivity index (χ2v) is 6.33. The highest BCUT2D eigenvalue weighted by Gasteiger charge is 2.40. The maximum atomic E-state index is 12.7. The Balaban J connectivity index is 1.90. The first kappa shape index (κ1) is 15.6. The Labute approximate surface area is 137 Å². The summed E-state index contributed by atoms with van der Waals surface area (Å²) in [4.78, 5) is 12.7. The van der Waals surface area contributed by atoms with Crippen LogP contribution in [0.2, 0.25) is 0 Å². The Hall–Kier alpha value is -2.29. The molecule has 1 fully saturated rings. The molecular weight excluding hydrogens is 286 g/mol. The van der Waals surface area contributed by atoms with E-state index in [2.05, 4.69) is 23.5 Å². The first-order valence-corrected chi connectivity index (χ1v) is 8.17. The molecule has 3 heteroatoms. The molecule has 0 aliphatic carbocycles. The predicted molar refractivity (Wildman–Crippen MR) is 91.5 cm³/mol. The van der Waals surface area contributed by atoms with Crippen LogP contribution >= 0.6 is 0 Å². The standard InChI is InChI=1S/C20H23NO2/c1-23-18-10-5-9-17(13-18)15-20(11-6-12-21-19(20)22)14-16-7-3-2-4-8-16/h2-5,7-10,13H,6,11-12,14-15H2,1H3,(H,21,22). The molecule has 1 unspecified atom stereocenters. The third kappa shape index (κ3) is 3.55. The Kier molecular flexibility index (Phi) is 4.65. The van der Waals surface area contributed by atoms with Crippen molar-refractivity contribution in [1.82, 2.24) is 5.32 Å². The summed E-state index contributed by atoms with van der Waals surface area (Å²) in [6, 6.07) is 18.3. The van der Waals surface area contributed by atoms with Crippen molar-refractivity contribution in [1.29, 1.82) is 0 Å². The lowest BCUT2D eigenvalue weighted by molar-refractivity contribution is -0.133. The van der Waals surface area contributed by atoms with Gasteiger partial charge in [0.15, 0.2) is 0 Å². The summed E-state index contributed by atoms with van der Waals surface area (Å²) in [5.74, 6) is 1.02. The zero-order valence-electron chi connectivity index (χ0n) is 13.5. The van der Waals surface area contributed by atoms with Gasteiger partial charge in [-0.2, -0.15) is 0 Å². The van der Waals surface area contributed by atoms with E-state index >= 15 is 0 Å². The van der Waals surface area contributed by atoms with Crippen LogP contribution in [0.5, 0.6) is 5.75 Å². The van der Waals surface area contributed by atoms with Gasteiger partial charge in [0.25, 0.3) is 0 Å². The molecule has 23 heavy (non-hydrogen) atoms. The number of carbonyl (C=O) groups is 1. The van der Waals surface area contributed by atoms with Crippen molar-refractivity contribution in [3.8, 4) is 5.75 Å². The molecule has 2 aromatic carbocycles. The molecule has 0 spiro atoms. The minimum absolute atomic E-state index is 0.176. The van der Waals surface area contributed by atoms with E-state index in [0.717, 1.165) is 43.5 Å². The molecule has 3 rings (SSSR count). The molecule has 0 saturated carbocycles. The van der Waals surface area contributed by atoms with Crippen molar-refractivity contribution >= 4 is 5.91 Å². The summed E-state index contributed by atoms with van der Waals surface area (Å²) in [6.45, 7) is 0.785. The molecule has 3 nitrogen and oxygen atoms in total. The highest BCUT2D eigenvalue weighted by Crippen LogP contribution is 2.36. The van der Waals surface area contributed by atoms with Crippen molar-refractivity contribution in [2.45, 2.75) is 25.7 Å². The summed E-state index contributed by atoms with van der Waals surface area (Å²) >= 11 is 0. The van der Waals surface area contributed by atoms with Gasteiger partial charge in [0.05, 0.1) is 12.5 Å². The van der Waals surface area contributed by atoms with Crippen molar-refractivity contribution < 1.29 is 9.53 Å². The number of piperidine rings is 1. The lowest BCUT2D eigenvalue weighted by Crippen LogP contribution is -2.48. The van der Waals surface area contributed by atoms with Crippen LogP contribution in [0.1, 0.15) is 24.0 Å². The van der Waals surface area contributed by atoms with Gasteiger partial charge in [-0.15, -0.1) is 0 Å². The van der Waals surface area contributed by atoms with Crippen LogP contribution in [0.3, 0.4) is 0 Å². The molecule has 1 saturated heterocycles. The van der Waals surface area contributed by atoms with Crippen molar-refractivity contribution in [3.63, 3.8) is 0 Å². The van der Waals surface area contributed by atoms with Gasteiger partial charge >= 0.3 is 0 Å². The van der Waals surface area contributed by atoms with E-state index in [1.165, 1.54) is 5.56 Å². The number of hydrogen-bond acceptors (Lipinski definition) is 2. The molecule has 1 atom stereocenters. The minimum Gasteiger partial charge on any atom is -0.497 e. The van der Waals surface area contributed by atoms with Gasteiger partial charge < -0.3 is 10.1 Å². The predicted octanol–water partition coefficient (Wildman–Crippen LogP) is 3.38. The zero-order valence-corrected chi connectivity index (χ0v) is 13.5. The molecule has 1 amide bonds. The van der Waals surface area contributed by atoms with Gasteiger partial charge in [-0.1, -0.05) is 42.5 Å². The van der Waals surface area contributed by atoms with Gasteiger partial charge in [0.2, 0.25) is 5.91 Å². The molecule has 0 radical (unpaired) electrons. The number of carbonyl (C=O) groups excluding carboxylic acids is 1. The van der Waals surface area contributed by atoms with Crippen molar-refractivity contribution in [3.05, 3.63) is 65.7 Å². The van der Waals surface area contributed by atoms with Gasteiger partial charge in [0.1, 0.15) is 5.75 Å². The first-order chi connectivity index (χ1) is 11.2. The highest BCUT2D eigenvalue weighted by molar-refractivity contribution is 5.84. The molecule has 1 N–H and O–H groups in total. The topological polar surface area (TPSA) is 38.3 Å². The summed E-state index contributed by atoms with van der Waals surface area (Å²) < 4.78 is 5.32. The van der Waals surface area contributed by atoms with E-state index in [4.69, 9.17) is 4.74 Å². The third-order valence-corrected chi connectivity index (χ3v) is 4.66. The number of amides is 1. The van der Waals surface area contributed by atoms with Gasteiger partial charge in [-0.3, -0.25) is 4.79 Å². The third-order valence-electron chi connectivity index (χ3n) is 4.66. The number of benzene rings is 2. The van der Waals surface area contributed by atoms with E-state index in [1.807, 2.05) is 36.4 Å². The quantitative estimate of drug-likeness (QED) is 0.919. The van der Waals surface area contributed by atoms with E-state index in [0.29, 0.717) is 0 Å². The van der Waals surface area contributed by atoms with Crippen LogP contribution in [0, 0.1) is 5.41 Å². The molecule has 1 aliphatic heterocycles. The molecular formula is C20H23NO2. The van der Waals surface area contributed by atoms with Crippen LogP contribution in [0.4, 0.5) is 0 Å².